The molecule has 0 spiro atoms. The second kappa shape index (κ2) is 7.08. The van der Waals surface area contributed by atoms with Crippen molar-refractivity contribution in [1.82, 2.24) is 4.98 Å². The number of aliphatic hydroxyl groups is 1. The van der Waals surface area contributed by atoms with E-state index in [-0.39, 0.29) is 11.8 Å². The quantitative estimate of drug-likeness (QED) is 0.838. The molecule has 1 aliphatic carbocycles. The number of pyridine rings is 1. The van der Waals surface area contributed by atoms with Gasteiger partial charge in [0.1, 0.15) is 5.69 Å². The summed E-state index contributed by atoms with van der Waals surface area (Å²) in [6, 6.07) is 13.0. The third-order valence-corrected chi connectivity index (χ3v) is 3.95. The van der Waals surface area contributed by atoms with Crippen LogP contribution in [0.25, 0.3) is 0 Å². The summed E-state index contributed by atoms with van der Waals surface area (Å²) in [5.74, 6) is 5.60. The summed E-state index contributed by atoms with van der Waals surface area (Å²) in [6.45, 7) is 0. The first-order chi connectivity index (χ1) is 11.2. The van der Waals surface area contributed by atoms with E-state index < -0.39 is 6.10 Å². The minimum Gasteiger partial charge on any atom is -0.392 e. The highest BCUT2D eigenvalue weighted by atomic mass is 16.3. The zero-order chi connectivity index (χ0) is 16.1. The number of benzene rings is 1. The number of nitrogens with zero attached hydrogens (tertiary/aromatic N) is 1. The van der Waals surface area contributed by atoms with Crippen LogP contribution in [-0.2, 0) is 4.79 Å². The minimum absolute atomic E-state index is 0.121. The molecule has 1 fully saturated rings. The number of hydrogen-bond donors (Lipinski definition) is 2. The maximum atomic E-state index is 12.2. The maximum absolute atomic E-state index is 12.2. The molecule has 1 aliphatic rings. The maximum Gasteiger partial charge on any atom is 0.230 e. The summed E-state index contributed by atoms with van der Waals surface area (Å²) in [4.78, 5) is 16.4. The van der Waals surface area contributed by atoms with E-state index >= 15 is 0 Å². The van der Waals surface area contributed by atoms with Gasteiger partial charge in [0.05, 0.1) is 12.0 Å². The molecule has 0 radical (unpaired) electrons. The normalized spacial score (nSPS) is 19.7. The Morgan fingerprint density at radius 1 is 1.17 bits per heavy atom. The first-order valence-corrected chi connectivity index (χ1v) is 7.74. The van der Waals surface area contributed by atoms with E-state index in [0.717, 1.165) is 18.4 Å². The molecule has 1 aromatic heterocycles. The summed E-state index contributed by atoms with van der Waals surface area (Å²) >= 11 is 0. The minimum atomic E-state index is -0.526. The molecule has 1 saturated carbocycles. The van der Waals surface area contributed by atoms with Gasteiger partial charge in [0.25, 0.3) is 0 Å². The van der Waals surface area contributed by atoms with E-state index in [9.17, 15) is 9.90 Å². The van der Waals surface area contributed by atoms with Crippen molar-refractivity contribution in [2.24, 2.45) is 5.92 Å². The van der Waals surface area contributed by atoms with Crippen LogP contribution >= 0.6 is 0 Å². The highest BCUT2D eigenvalue weighted by molar-refractivity contribution is 5.93. The fraction of sp³-hybridized carbons (Fsp3) is 0.263. The van der Waals surface area contributed by atoms with Crippen LogP contribution in [0, 0.1) is 17.8 Å². The van der Waals surface area contributed by atoms with Gasteiger partial charge in [-0.3, -0.25) is 4.79 Å². The van der Waals surface area contributed by atoms with Crippen molar-refractivity contribution < 1.29 is 9.90 Å². The summed E-state index contributed by atoms with van der Waals surface area (Å²) in [5.41, 5.74) is 2.21. The number of carbonyl (C=O) groups excluding carboxylic acids is 1. The number of nitrogens with one attached hydrogen (secondary N) is 1. The summed E-state index contributed by atoms with van der Waals surface area (Å²) in [6.07, 6.45) is 3.52. The molecule has 2 unspecified atom stereocenters. The van der Waals surface area contributed by atoms with Crippen LogP contribution in [0.15, 0.2) is 48.7 Å². The molecule has 1 heterocycles. The van der Waals surface area contributed by atoms with Gasteiger partial charge in [-0.2, -0.15) is 0 Å². The van der Waals surface area contributed by atoms with Crippen molar-refractivity contribution in [2.45, 2.75) is 25.4 Å². The van der Waals surface area contributed by atoms with Crippen molar-refractivity contribution in [3.63, 3.8) is 0 Å². The average molecular weight is 306 g/mol. The van der Waals surface area contributed by atoms with E-state index in [4.69, 9.17) is 0 Å². The Kier molecular flexibility index (Phi) is 4.70. The van der Waals surface area contributed by atoms with E-state index in [1.54, 1.807) is 6.20 Å². The van der Waals surface area contributed by atoms with Crippen molar-refractivity contribution >= 4 is 11.6 Å². The monoisotopic (exact) mass is 306 g/mol. The van der Waals surface area contributed by atoms with E-state index in [0.29, 0.717) is 17.8 Å². The highest BCUT2D eigenvalue weighted by Gasteiger charge is 2.31. The molecular weight excluding hydrogens is 288 g/mol. The lowest BCUT2D eigenvalue weighted by atomic mass is 10.1. The lowest BCUT2D eigenvalue weighted by Crippen LogP contribution is -2.28. The van der Waals surface area contributed by atoms with Gasteiger partial charge in [-0.25, -0.2) is 4.98 Å². The van der Waals surface area contributed by atoms with Gasteiger partial charge in [-0.15, -0.1) is 0 Å². The third-order valence-electron chi connectivity index (χ3n) is 3.95. The second-order valence-electron chi connectivity index (χ2n) is 5.64. The molecule has 0 bridgehead atoms. The van der Waals surface area contributed by atoms with Crippen LogP contribution in [-0.4, -0.2) is 22.1 Å². The molecule has 2 N–H and O–H groups in total. The molecule has 4 nitrogen and oxygen atoms in total. The zero-order valence-electron chi connectivity index (χ0n) is 12.7. The average Bonchev–Trinajstić information content (AvgIpc) is 3.00. The molecule has 1 amide bonds. The molecule has 23 heavy (non-hydrogen) atoms. The molecule has 2 atom stereocenters. The zero-order valence-corrected chi connectivity index (χ0v) is 12.7. The Morgan fingerprint density at radius 3 is 2.83 bits per heavy atom. The topological polar surface area (TPSA) is 62.2 Å². The van der Waals surface area contributed by atoms with Crippen LogP contribution in [0.4, 0.5) is 5.69 Å². The molecule has 3 rings (SSSR count). The Hall–Kier alpha value is -2.64. The van der Waals surface area contributed by atoms with Gasteiger partial charge in [0, 0.05) is 17.4 Å². The van der Waals surface area contributed by atoms with Gasteiger partial charge < -0.3 is 10.4 Å². The molecule has 1 aromatic carbocycles. The van der Waals surface area contributed by atoms with Crippen molar-refractivity contribution in [2.75, 3.05) is 5.32 Å². The van der Waals surface area contributed by atoms with Crippen LogP contribution in [0.5, 0.6) is 0 Å². The van der Waals surface area contributed by atoms with Crippen molar-refractivity contribution in [3.05, 3.63) is 59.9 Å². The van der Waals surface area contributed by atoms with Gasteiger partial charge in [0.2, 0.25) is 5.91 Å². The first-order valence-electron chi connectivity index (χ1n) is 7.74. The number of aromatic nitrogens is 1. The standard InChI is InChI=1S/C19H18N2O2/c22-18-9-4-8-17(18)19(23)21-16-7-3-5-14(13-16)10-11-15-6-1-2-12-20-15/h1-3,5-7,12-13,17-18,22H,4,8-9H2,(H,21,23). The molecule has 116 valence electrons. The third kappa shape index (κ3) is 3.97. The largest absolute Gasteiger partial charge is 0.392 e. The Labute approximate surface area is 135 Å². The molecule has 2 aromatic rings. The summed E-state index contributed by atoms with van der Waals surface area (Å²) in [7, 11) is 0. The number of hydrogen-bond acceptors (Lipinski definition) is 3. The fourth-order valence-electron chi connectivity index (χ4n) is 2.73. The predicted molar refractivity (Wildman–Crippen MR) is 88.6 cm³/mol. The first kappa shape index (κ1) is 15.3. The number of aliphatic hydroxyl groups excluding tert-OH is 1. The second-order valence-corrected chi connectivity index (χ2v) is 5.64. The Balaban J connectivity index is 1.70. The number of amides is 1. The SMILES string of the molecule is O=C(Nc1cccc(C#Cc2ccccn2)c1)C1CCCC1O. The van der Waals surface area contributed by atoms with Crippen molar-refractivity contribution in [3.8, 4) is 11.8 Å². The van der Waals surface area contributed by atoms with E-state index in [2.05, 4.69) is 22.1 Å². The highest BCUT2D eigenvalue weighted by Crippen LogP contribution is 2.26. The molecule has 4 heteroatoms. The number of rotatable bonds is 2. The Bertz CT molecular complexity index is 747. The van der Waals surface area contributed by atoms with Gasteiger partial charge >= 0.3 is 0 Å². The predicted octanol–water partition coefficient (Wildman–Crippen LogP) is 2.58. The number of carbonyl (C=O) groups is 1. The van der Waals surface area contributed by atoms with E-state index in [1.165, 1.54) is 0 Å². The summed E-state index contributed by atoms with van der Waals surface area (Å²) < 4.78 is 0. The smallest absolute Gasteiger partial charge is 0.230 e. The number of anilines is 1. The van der Waals surface area contributed by atoms with Gasteiger partial charge in [-0.1, -0.05) is 18.1 Å². The summed E-state index contributed by atoms with van der Waals surface area (Å²) in [5, 5.41) is 12.7. The lowest BCUT2D eigenvalue weighted by Gasteiger charge is -2.14. The molecule has 0 saturated heterocycles. The molecular formula is C19H18N2O2. The fourth-order valence-corrected chi connectivity index (χ4v) is 2.73. The van der Waals surface area contributed by atoms with Gasteiger partial charge in [-0.05, 0) is 55.5 Å². The van der Waals surface area contributed by atoms with Crippen LogP contribution in [0.3, 0.4) is 0 Å². The van der Waals surface area contributed by atoms with Gasteiger partial charge in [0.15, 0.2) is 0 Å². The van der Waals surface area contributed by atoms with E-state index in [1.807, 2.05) is 42.5 Å². The van der Waals surface area contributed by atoms with Crippen LogP contribution < -0.4 is 5.32 Å². The van der Waals surface area contributed by atoms with Crippen molar-refractivity contribution in [1.29, 1.82) is 0 Å². The Morgan fingerprint density at radius 2 is 2.09 bits per heavy atom. The lowest BCUT2D eigenvalue weighted by molar-refractivity contribution is -0.122. The molecule has 0 aliphatic heterocycles. The van der Waals surface area contributed by atoms with Crippen LogP contribution in [0.2, 0.25) is 0 Å². The van der Waals surface area contributed by atoms with Crippen LogP contribution in [0.1, 0.15) is 30.5 Å².